The zero-order chi connectivity index (χ0) is 13.8. The van der Waals surface area contributed by atoms with Crippen LogP contribution in [-0.2, 0) is 0 Å². The Labute approximate surface area is 115 Å². The molecule has 1 heterocycles. The monoisotopic (exact) mass is 271 g/mol. The van der Waals surface area contributed by atoms with Gasteiger partial charge < -0.3 is 4.74 Å². The molecule has 3 nitrogen and oxygen atoms in total. The smallest absolute Gasteiger partial charge is 0.195 e. The van der Waals surface area contributed by atoms with E-state index in [1.54, 1.807) is 19.2 Å². The van der Waals surface area contributed by atoms with Crippen LogP contribution in [0.1, 0.15) is 50.0 Å². The Hall–Kier alpha value is -1.09. The first-order valence-electron chi connectivity index (χ1n) is 6.28. The summed E-state index contributed by atoms with van der Waals surface area (Å²) in [5.41, 5.74) is 0.366. The largest absolute Gasteiger partial charge is 0.495 e. The molecule has 0 aliphatic carbocycles. The summed E-state index contributed by atoms with van der Waals surface area (Å²) in [7, 11) is 1.54. The van der Waals surface area contributed by atoms with Gasteiger partial charge in [0.05, 0.1) is 19.2 Å². The van der Waals surface area contributed by atoms with Gasteiger partial charge in [-0.2, -0.15) is 0 Å². The SMILES string of the molecule is CCCCCC.COc1ccc(C(=O)CCl)nc1. The van der Waals surface area contributed by atoms with E-state index in [1.165, 1.54) is 31.9 Å². The lowest BCUT2D eigenvalue weighted by molar-refractivity contribution is 0.101. The van der Waals surface area contributed by atoms with Gasteiger partial charge in [0.2, 0.25) is 0 Å². The zero-order valence-electron chi connectivity index (χ0n) is 11.4. The van der Waals surface area contributed by atoms with Crippen molar-refractivity contribution < 1.29 is 9.53 Å². The summed E-state index contributed by atoms with van der Waals surface area (Å²) in [5.74, 6) is 0.403. The van der Waals surface area contributed by atoms with Crippen molar-refractivity contribution in [2.45, 2.75) is 39.5 Å². The highest BCUT2D eigenvalue weighted by molar-refractivity contribution is 6.30. The highest BCUT2D eigenvalue weighted by Gasteiger charge is 2.04. The van der Waals surface area contributed by atoms with E-state index in [-0.39, 0.29) is 11.7 Å². The average Bonchev–Trinajstić information content (AvgIpc) is 2.45. The summed E-state index contributed by atoms with van der Waals surface area (Å²) in [6, 6.07) is 3.26. The van der Waals surface area contributed by atoms with Crippen molar-refractivity contribution in [2.24, 2.45) is 0 Å². The maximum Gasteiger partial charge on any atom is 0.195 e. The number of unbranched alkanes of at least 4 members (excludes halogenated alkanes) is 3. The predicted octanol–water partition coefficient (Wildman–Crippen LogP) is 4.10. The molecular formula is C14H22ClNO2. The number of hydrogen-bond donors (Lipinski definition) is 0. The summed E-state index contributed by atoms with van der Waals surface area (Å²) in [6.45, 7) is 4.46. The molecule has 1 rings (SSSR count). The molecule has 102 valence electrons. The zero-order valence-corrected chi connectivity index (χ0v) is 12.2. The molecule has 0 fully saturated rings. The molecule has 18 heavy (non-hydrogen) atoms. The molecule has 0 atom stereocenters. The number of hydrogen-bond acceptors (Lipinski definition) is 3. The van der Waals surface area contributed by atoms with E-state index in [4.69, 9.17) is 16.3 Å². The summed E-state index contributed by atoms with van der Waals surface area (Å²) < 4.78 is 4.88. The molecule has 0 unspecified atom stereocenters. The Morgan fingerprint density at radius 2 is 1.89 bits per heavy atom. The number of rotatable bonds is 6. The molecule has 0 amide bonds. The summed E-state index contributed by atoms with van der Waals surface area (Å²) in [4.78, 5) is 14.8. The first-order valence-corrected chi connectivity index (χ1v) is 6.82. The first-order chi connectivity index (χ1) is 8.69. The Bertz CT molecular complexity index is 321. The van der Waals surface area contributed by atoms with Crippen molar-refractivity contribution in [2.75, 3.05) is 13.0 Å². The highest BCUT2D eigenvalue weighted by Crippen LogP contribution is 2.08. The molecule has 0 aliphatic rings. The van der Waals surface area contributed by atoms with E-state index in [0.717, 1.165) is 0 Å². The van der Waals surface area contributed by atoms with E-state index < -0.39 is 0 Å². The molecule has 0 radical (unpaired) electrons. The van der Waals surface area contributed by atoms with Crippen LogP contribution in [0.3, 0.4) is 0 Å². The Kier molecular flexibility index (Phi) is 10.4. The number of pyridine rings is 1. The Balaban J connectivity index is 0.000000411. The number of methoxy groups -OCH3 is 1. The van der Waals surface area contributed by atoms with Gasteiger partial charge >= 0.3 is 0 Å². The number of halogens is 1. The molecule has 1 aromatic heterocycles. The van der Waals surface area contributed by atoms with Gasteiger partial charge in [0.1, 0.15) is 11.4 Å². The molecule has 0 saturated carbocycles. The minimum absolute atomic E-state index is 0.0423. The molecule has 0 aliphatic heterocycles. The Morgan fingerprint density at radius 3 is 2.22 bits per heavy atom. The number of ether oxygens (including phenoxy) is 1. The number of carbonyl (C=O) groups is 1. The van der Waals surface area contributed by atoms with Crippen molar-refractivity contribution in [1.82, 2.24) is 4.98 Å². The van der Waals surface area contributed by atoms with Crippen LogP contribution in [0.15, 0.2) is 18.3 Å². The quantitative estimate of drug-likeness (QED) is 0.444. The normalized spacial score (nSPS) is 9.33. The number of ketones is 1. The van der Waals surface area contributed by atoms with Crippen LogP contribution in [0.2, 0.25) is 0 Å². The fourth-order valence-electron chi connectivity index (χ4n) is 1.23. The third-order valence-electron chi connectivity index (χ3n) is 2.34. The van der Waals surface area contributed by atoms with Crippen molar-refractivity contribution in [3.05, 3.63) is 24.0 Å². The second-order valence-corrected chi connectivity index (χ2v) is 4.11. The Morgan fingerprint density at radius 1 is 1.28 bits per heavy atom. The van der Waals surface area contributed by atoms with Crippen LogP contribution < -0.4 is 4.74 Å². The summed E-state index contributed by atoms with van der Waals surface area (Å²) >= 11 is 5.34. The van der Waals surface area contributed by atoms with Crippen LogP contribution in [0.5, 0.6) is 5.75 Å². The van der Waals surface area contributed by atoms with Crippen molar-refractivity contribution in [3.8, 4) is 5.75 Å². The first kappa shape index (κ1) is 16.9. The van der Waals surface area contributed by atoms with E-state index in [1.807, 2.05) is 0 Å². The lowest BCUT2D eigenvalue weighted by Gasteiger charge is -1.98. The fourth-order valence-corrected chi connectivity index (χ4v) is 1.37. The standard InChI is InChI=1S/C8H8ClNO2.C6H14/c1-12-6-2-3-7(10-5-6)8(11)4-9;1-3-5-6-4-2/h2-3,5H,4H2,1H3;3-6H2,1-2H3. The lowest BCUT2D eigenvalue weighted by Crippen LogP contribution is -2.02. The number of Topliss-reactive ketones (excluding diaryl/α,β-unsaturated/α-hetero) is 1. The van der Waals surface area contributed by atoms with Crippen LogP contribution in [0.4, 0.5) is 0 Å². The maximum absolute atomic E-state index is 11.0. The van der Waals surface area contributed by atoms with E-state index in [0.29, 0.717) is 11.4 Å². The number of alkyl halides is 1. The summed E-state index contributed by atoms with van der Waals surface area (Å²) in [6.07, 6.45) is 7.02. The third-order valence-corrected chi connectivity index (χ3v) is 2.58. The second kappa shape index (κ2) is 11.0. The second-order valence-electron chi connectivity index (χ2n) is 3.85. The van der Waals surface area contributed by atoms with Crippen LogP contribution in [0.25, 0.3) is 0 Å². The molecule has 0 saturated heterocycles. The summed E-state index contributed by atoms with van der Waals surface area (Å²) in [5, 5.41) is 0. The third kappa shape index (κ3) is 7.28. The van der Waals surface area contributed by atoms with Gasteiger partial charge in [0.15, 0.2) is 5.78 Å². The van der Waals surface area contributed by atoms with Gasteiger partial charge in [-0.15, -0.1) is 11.6 Å². The van der Waals surface area contributed by atoms with Gasteiger partial charge in [-0.1, -0.05) is 39.5 Å². The number of aromatic nitrogens is 1. The highest BCUT2D eigenvalue weighted by atomic mass is 35.5. The van der Waals surface area contributed by atoms with Gasteiger partial charge in [-0.3, -0.25) is 4.79 Å². The van der Waals surface area contributed by atoms with Crippen molar-refractivity contribution in [1.29, 1.82) is 0 Å². The molecule has 1 aromatic rings. The molecule has 0 bridgehead atoms. The fraction of sp³-hybridized carbons (Fsp3) is 0.571. The van der Waals surface area contributed by atoms with Gasteiger partial charge in [0.25, 0.3) is 0 Å². The van der Waals surface area contributed by atoms with E-state index in [9.17, 15) is 4.79 Å². The van der Waals surface area contributed by atoms with Crippen LogP contribution in [0, 0.1) is 0 Å². The van der Waals surface area contributed by atoms with Crippen molar-refractivity contribution >= 4 is 17.4 Å². The topological polar surface area (TPSA) is 39.2 Å². The van der Waals surface area contributed by atoms with Gasteiger partial charge in [-0.25, -0.2) is 4.98 Å². The van der Waals surface area contributed by atoms with Gasteiger partial charge in [-0.05, 0) is 12.1 Å². The lowest BCUT2D eigenvalue weighted by atomic mass is 10.2. The molecular weight excluding hydrogens is 250 g/mol. The minimum atomic E-state index is -0.181. The van der Waals surface area contributed by atoms with Crippen LogP contribution in [-0.4, -0.2) is 23.8 Å². The van der Waals surface area contributed by atoms with Crippen LogP contribution >= 0.6 is 11.6 Å². The molecule has 0 aromatic carbocycles. The van der Waals surface area contributed by atoms with E-state index in [2.05, 4.69) is 18.8 Å². The average molecular weight is 272 g/mol. The number of nitrogens with zero attached hydrogens (tertiary/aromatic N) is 1. The molecule has 0 spiro atoms. The number of carbonyl (C=O) groups excluding carboxylic acids is 1. The van der Waals surface area contributed by atoms with Crippen molar-refractivity contribution in [3.63, 3.8) is 0 Å². The molecule has 0 N–H and O–H groups in total. The van der Waals surface area contributed by atoms with E-state index >= 15 is 0 Å². The maximum atomic E-state index is 11.0. The minimum Gasteiger partial charge on any atom is -0.495 e. The predicted molar refractivity (Wildman–Crippen MR) is 75.7 cm³/mol. The van der Waals surface area contributed by atoms with Gasteiger partial charge in [0, 0.05) is 0 Å². The molecule has 4 heteroatoms.